The SMILES string of the molecule is NC(=O)[C@H]1Cc2ccccc2CN1Cc1nc2ccccc2s1. The molecule has 0 unspecified atom stereocenters. The van der Waals surface area contributed by atoms with Gasteiger partial charge in [-0.05, 0) is 29.7 Å². The number of fused-ring (bicyclic) bond motifs is 2. The summed E-state index contributed by atoms with van der Waals surface area (Å²) >= 11 is 1.68. The van der Waals surface area contributed by atoms with E-state index in [-0.39, 0.29) is 11.9 Å². The lowest BCUT2D eigenvalue weighted by Gasteiger charge is -2.34. The molecule has 2 aromatic carbocycles. The maximum Gasteiger partial charge on any atom is 0.235 e. The Labute approximate surface area is 138 Å². The number of aromatic nitrogens is 1. The summed E-state index contributed by atoms with van der Waals surface area (Å²) in [5, 5.41) is 1.02. The van der Waals surface area contributed by atoms with Gasteiger partial charge in [-0.3, -0.25) is 9.69 Å². The molecule has 0 bridgehead atoms. The number of para-hydroxylation sites is 1. The van der Waals surface area contributed by atoms with Crippen molar-refractivity contribution in [3.63, 3.8) is 0 Å². The zero-order valence-corrected chi connectivity index (χ0v) is 13.4. The molecule has 1 aromatic heterocycles. The van der Waals surface area contributed by atoms with Gasteiger partial charge in [-0.2, -0.15) is 0 Å². The molecular weight excluding hydrogens is 306 g/mol. The van der Waals surface area contributed by atoms with Crippen molar-refractivity contribution in [2.45, 2.75) is 25.6 Å². The minimum atomic E-state index is -0.267. The number of primary amides is 1. The Hall–Kier alpha value is -2.24. The van der Waals surface area contributed by atoms with Crippen LogP contribution in [0.15, 0.2) is 48.5 Å². The standard InChI is InChI=1S/C18H17N3OS/c19-18(22)15-9-12-5-1-2-6-13(12)10-21(15)11-17-20-14-7-3-4-8-16(14)23-17/h1-8,15H,9-11H2,(H2,19,22)/t15-/m1/s1. The Kier molecular flexibility index (Phi) is 3.59. The maximum absolute atomic E-state index is 11.9. The summed E-state index contributed by atoms with van der Waals surface area (Å²) in [6.07, 6.45) is 0.677. The molecule has 0 spiro atoms. The molecule has 0 aliphatic carbocycles. The van der Waals surface area contributed by atoms with Gasteiger partial charge in [-0.1, -0.05) is 36.4 Å². The molecular formula is C18H17N3OS. The molecule has 4 nitrogen and oxygen atoms in total. The molecule has 0 saturated heterocycles. The molecule has 0 fully saturated rings. The third-order valence-electron chi connectivity index (χ3n) is 4.35. The lowest BCUT2D eigenvalue weighted by atomic mass is 9.93. The van der Waals surface area contributed by atoms with Crippen molar-refractivity contribution in [3.8, 4) is 0 Å². The first-order chi connectivity index (χ1) is 11.2. The van der Waals surface area contributed by atoms with Crippen molar-refractivity contribution in [2.75, 3.05) is 0 Å². The van der Waals surface area contributed by atoms with Crippen molar-refractivity contribution >= 4 is 27.5 Å². The van der Waals surface area contributed by atoms with Crippen molar-refractivity contribution in [1.82, 2.24) is 9.88 Å². The predicted octanol–water partition coefficient (Wildman–Crippen LogP) is 2.71. The fourth-order valence-electron chi connectivity index (χ4n) is 3.19. The van der Waals surface area contributed by atoms with Crippen LogP contribution in [0.5, 0.6) is 0 Å². The van der Waals surface area contributed by atoms with Gasteiger partial charge < -0.3 is 5.73 Å². The number of thiazole rings is 1. The largest absolute Gasteiger partial charge is 0.368 e. The highest BCUT2D eigenvalue weighted by Crippen LogP contribution is 2.28. The molecule has 2 heterocycles. The molecule has 116 valence electrons. The highest BCUT2D eigenvalue weighted by atomic mass is 32.1. The number of nitrogens with two attached hydrogens (primary N) is 1. The Bertz CT molecular complexity index is 840. The Morgan fingerprint density at radius 3 is 2.70 bits per heavy atom. The van der Waals surface area contributed by atoms with Crippen LogP contribution in [-0.4, -0.2) is 21.8 Å². The number of nitrogens with zero attached hydrogens (tertiary/aromatic N) is 2. The first-order valence-electron chi connectivity index (χ1n) is 7.65. The second-order valence-corrected chi connectivity index (χ2v) is 6.99. The normalized spacial score (nSPS) is 18.0. The monoisotopic (exact) mass is 323 g/mol. The molecule has 1 amide bonds. The molecule has 1 aliphatic heterocycles. The predicted molar refractivity (Wildman–Crippen MR) is 92.0 cm³/mol. The fourth-order valence-corrected chi connectivity index (χ4v) is 4.18. The van der Waals surface area contributed by atoms with Crippen molar-refractivity contribution in [3.05, 3.63) is 64.7 Å². The van der Waals surface area contributed by atoms with E-state index in [0.717, 1.165) is 17.1 Å². The summed E-state index contributed by atoms with van der Waals surface area (Å²) in [5.74, 6) is -0.263. The Morgan fingerprint density at radius 1 is 1.17 bits per heavy atom. The Morgan fingerprint density at radius 2 is 1.91 bits per heavy atom. The van der Waals surface area contributed by atoms with Gasteiger partial charge in [0.15, 0.2) is 0 Å². The summed E-state index contributed by atoms with van der Waals surface area (Å²) in [6, 6.07) is 16.1. The van der Waals surface area contributed by atoms with Gasteiger partial charge in [0.05, 0.1) is 22.8 Å². The van der Waals surface area contributed by atoms with Gasteiger partial charge in [0.2, 0.25) is 5.91 Å². The summed E-state index contributed by atoms with van der Waals surface area (Å²) in [6.45, 7) is 1.39. The van der Waals surface area contributed by atoms with Crippen LogP contribution in [0.3, 0.4) is 0 Å². The van der Waals surface area contributed by atoms with Gasteiger partial charge in [0.25, 0.3) is 0 Å². The quantitative estimate of drug-likeness (QED) is 0.806. The van der Waals surface area contributed by atoms with Crippen LogP contribution in [0.25, 0.3) is 10.2 Å². The minimum Gasteiger partial charge on any atom is -0.368 e. The van der Waals surface area contributed by atoms with Gasteiger partial charge >= 0.3 is 0 Å². The van der Waals surface area contributed by atoms with Crippen LogP contribution in [0, 0.1) is 0 Å². The third kappa shape index (κ3) is 2.73. The molecule has 0 saturated carbocycles. The molecule has 2 N–H and O–H groups in total. The van der Waals surface area contributed by atoms with Gasteiger partial charge in [-0.25, -0.2) is 4.98 Å². The molecule has 3 aromatic rings. The topological polar surface area (TPSA) is 59.2 Å². The number of hydrogen-bond donors (Lipinski definition) is 1. The van der Waals surface area contributed by atoms with E-state index >= 15 is 0 Å². The van der Waals surface area contributed by atoms with Crippen molar-refractivity contribution < 1.29 is 4.79 Å². The number of rotatable bonds is 3. The minimum absolute atomic E-state index is 0.263. The van der Waals surface area contributed by atoms with E-state index in [2.05, 4.69) is 28.1 Å². The summed E-state index contributed by atoms with van der Waals surface area (Å²) in [5.41, 5.74) is 9.15. The number of hydrogen-bond acceptors (Lipinski definition) is 4. The first kappa shape index (κ1) is 14.4. The van der Waals surface area contributed by atoms with E-state index in [0.29, 0.717) is 13.0 Å². The van der Waals surface area contributed by atoms with Crippen LogP contribution < -0.4 is 5.73 Å². The van der Waals surface area contributed by atoms with E-state index in [1.54, 1.807) is 11.3 Å². The third-order valence-corrected chi connectivity index (χ3v) is 5.37. The zero-order chi connectivity index (χ0) is 15.8. The second-order valence-electron chi connectivity index (χ2n) is 5.87. The molecule has 0 radical (unpaired) electrons. The average molecular weight is 323 g/mol. The van der Waals surface area contributed by atoms with Gasteiger partial charge in [-0.15, -0.1) is 11.3 Å². The summed E-state index contributed by atoms with van der Waals surface area (Å²) < 4.78 is 1.18. The molecule has 1 atom stereocenters. The van der Waals surface area contributed by atoms with E-state index in [1.807, 2.05) is 30.3 Å². The summed E-state index contributed by atoms with van der Waals surface area (Å²) in [4.78, 5) is 18.7. The highest BCUT2D eigenvalue weighted by Gasteiger charge is 2.30. The molecule has 1 aliphatic rings. The Balaban J connectivity index is 1.64. The van der Waals surface area contributed by atoms with Crippen molar-refractivity contribution in [2.24, 2.45) is 5.73 Å². The van der Waals surface area contributed by atoms with E-state index in [1.165, 1.54) is 15.8 Å². The zero-order valence-electron chi connectivity index (χ0n) is 12.6. The lowest BCUT2D eigenvalue weighted by Crippen LogP contribution is -2.48. The highest BCUT2D eigenvalue weighted by molar-refractivity contribution is 7.18. The van der Waals surface area contributed by atoms with Gasteiger partial charge in [0.1, 0.15) is 5.01 Å². The molecule has 23 heavy (non-hydrogen) atoms. The number of carbonyl (C=O) groups excluding carboxylic acids is 1. The number of benzene rings is 2. The van der Waals surface area contributed by atoms with Crippen LogP contribution in [0.1, 0.15) is 16.1 Å². The number of amides is 1. The van der Waals surface area contributed by atoms with Crippen LogP contribution in [0.2, 0.25) is 0 Å². The molecule has 4 rings (SSSR count). The fraction of sp³-hybridized carbons (Fsp3) is 0.222. The van der Waals surface area contributed by atoms with E-state index in [4.69, 9.17) is 5.73 Å². The molecule has 5 heteroatoms. The van der Waals surface area contributed by atoms with Gasteiger partial charge in [0, 0.05) is 6.54 Å². The van der Waals surface area contributed by atoms with Crippen LogP contribution in [-0.2, 0) is 24.3 Å². The average Bonchev–Trinajstić information content (AvgIpc) is 2.96. The maximum atomic E-state index is 11.9. The van der Waals surface area contributed by atoms with E-state index in [9.17, 15) is 4.79 Å². The van der Waals surface area contributed by atoms with Crippen LogP contribution in [0.4, 0.5) is 0 Å². The van der Waals surface area contributed by atoms with Crippen LogP contribution >= 0.6 is 11.3 Å². The summed E-state index contributed by atoms with van der Waals surface area (Å²) in [7, 11) is 0. The van der Waals surface area contributed by atoms with E-state index < -0.39 is 0 Å². The smallest absolute Gasteiger partial charge is 0.235 e. The number of carbonyl (C=O) groups is 1. The first-order valence-corrected chi connectivity index (χ1v) is 8.47. The lowest BCUT2D eigenvalue weighted by molar-refractivity contribution is -0.124. The van der Waals surface area contributed by atoms with Crippen molar-refractivity contribution in [1.29, 1.82) is 0 Å². The second kappa shape index (κ2) is 5.76.